The molecule has 0 bridgehead atoms. The molecule has 0 N–H and O–H groups in total. The monoisotopic (exact) mass is 281 g/mol. The fourth-order valence-corrected chi connectivity index (χ4v) is 2.90. The van der Waals surface area contributed by atoms with Crippen LogP contribution in [0.2, 0.25) is 0 Å². The third-order valence-corrected chi connectivity index (χ3v) is 4.13. The molecule has 0 atom stereocenters. The van der Waals surface area contributed by atoms with Crippen LogP contribution in [-0.4, -0.2) is 4.98 Å². The number of hydrogen-bond donors (Lipinski definition) is 0. The molecule has 0 aliphatic rings. The maximum atomic E-state index is 4.45. The highest BCUT2D eigenvalue weighted by Gasteiger charge is 2.07. The first-order valence-electron chi connectivity index (χ1n) is 4.77. The van der Waals surface area contributed by atoms with Gasteiger partial charge in [0.1, 0.15) is 9.61 Å². The highest BCUT2D eigenvalue weighted by atomic mass is 79.9. The van der Waals surface area contributed by atoms with Crippen molar-refractivity contribution in [3.05, 3.63) is 38.8 Å². The lowest BCUT2D eigenvalue weighted by Crippen LogP contribution is -1.88. The van der Waals surface area contributed by atoms with Gasteiger partial charge in [-0.25, -0.2) is 4.98 Å². The Morgan fingerprint density at radius 2 is 1.73 bits per heavy atom. The van der Waals surface area contributed by atoms with E-state index in [1.54, 1.807) is 11.3 Å². The summed E-state index contributed by atoms with van der Waals surface area (Å²) in [5, 5.41) is 3.10. The average molecular weight is 282 g/mol. The van der Waals surface area contributed by atoms with Crippen molar-refractivity contribution < 1.29 is 0 Å². The first-order valence-corrected chi connectivity index (χ1v) is 6.44. The van der Waals surface area contributed by atoms with Gasteiger partial charge in [-0.15, -0.1) is 11.3 Å². The Labute approximate surface area is 102 Å². The minimum absolute atomic E-state index is 0.917. The highest BCUT2D eigenvalue weighted by molar-refractivity contribution is 9.10. The Balaban J connectivity index is 2.58. The minimum Gasteiger partial charge on any atom is -0.229 e. The molecular weight excluding hydrogens is 270 g/mol. The lowest BCUT2D eigenvalue weighted by Gasteiger charge is -2.06. The fourth-order valence-electron chi connectivity index (χ4n) is 1.57. The van der Waals surface area contributed by atoms with Gasteiger partial charge in [-0.3, -0.25) is 0 Å². The Kier molecular flexibility index (Phi) is 2.94. The lowest BCUT2D eigenvalue weighted by atomic mass is 10.0. The Hall–Kier alpha value is -0.670. The minimum atomic E-state index is 0.917. The van der Waals surface area contributed by atoms with Crippen molar-refractivity contribution in [1.29, 1.82) is 0 Å². The van der Waals surface area contributed by atoms with E-state index in [4.69, 9.17) is 0 Å². The second-order valence-corrected chi connectivity index (χ2v) is 5.40. The van der Waals surface area contributed by atoms with Gasteiger partial charge in [0.25, 0.3) is 0 Å². The predicted octanol–water partition coefficient (Wildman–Crippen LogP) is 4.50. The number of nitrogens with zero attached hydrogens (tertiary/aromatic N) is 1. The molecule has 0 spiro atoms. The summed E-state index contributed by atoms with van der Waals surface area (Å²) in [4.78, 5) is 4.45. The molecule has 3 heteroatoms. The van der Waals surface area contributed by atoms with Crippen molar-refractivity contribution in [1.82, 2.24) is 4.98 Å². The first-order chi connectivity index (χ1) is 7.08. The quantitative estimate of drug-likeness (QED) is 0.750. The molecular formula is C12H12BrNS. The van der Waals surface area contributed by atoms with E-state index in [1.807, 2.05) is 5.38 Å². The summed E-state index contributed by atoms with van der Waals surface area (Å²) >= 11 is 5.06. The molecule has 0 saturated heterocycles. The van der Waals surface area contributed by atoms with Crippen LogP contribution in [0.25, 0.3) is 10.6 Å². The molecule has 0 unspecified atom stereocenters. The van der Waals surface area contributed by atoms with Crippen molar-refractivity contribution >= 4 is 27.3 Å². The van der Waals surface area contributed by atoms with Gasteiger partial charge in [-0.2, -0.15) is 0 Å². The largest absolute Gasteiger partial charge is 0.229 e. The van der Waals surface area contributed by atoms with Gasteiger partial charge in [0.2, 0.25) is 0 Å². The molecule has 1 heterocycles. The lowest BCUT2D eigenvalue weighted by molar-refractivity contribution is 1.28. The predicted molar refractivity (Wildman–Crippen MR) is 69.5 cm³/mol. The summed E-state index contributed by atoms with van der Waals surface area (Å²) < 4.78 is 0.917. The molecule has 0 radical (unpaired) electrons. The van der Waals surface area contributed by atoms with Crippen molar-refractivity contribution in [2.75, 3.05) is 0 Å². The van der Waals surface area contributed by atoms with Gasteiger partial charge in [-0.1, -0.05) is 6.07 Å². The van der Waals surface area contributed by atoms with E-state index < -0.39 is 0 Å². The van der Waals surface area contributed by atoms with Crippen molar-refractivity contribution in [3.8, 4) is 10.6 Å². The molecule has 78 valence electrons. The SMILES string of the molecule is Cc1cc(C)c(-c2nc(Br)cs2)cc1C. The van der Waals surface area contributed by atoms with Crippen LogP contribution in [0.4, 0.5) is 0 Å². The van der Waals surface area contributed by atoms with Crippen LogP contribution in [-0.2, 0) is 0 Å². The van der Waals surface area contributed by atoms with Gasteiger partial charge in [0, 0.05) is 10.9 Å². The Morgan fingerprint density at radius 1 is 1.07 bits per heavy atom. The summed E-state index contributed by atoms with van der Waals surface area (Å²) in [5.74, 6) is 0. The molecule has 1 aromatic heterocycles. The number of rotatable bonds is 1. The zero-order valence-electron chi connectivity index (χ0n) is 8.97. The van der Waals surface area contributed by atoms with Crippen LogP contribution >= 0.6 is 27.3 Å². The molecule has 0 saturated carbocycles. The van der Waals surface area contributed by atoms with Gasteiger partial charge in [0.05, 0.1) is 0 Å². The zero-order valence-corrected chi connectivity index (χ0v) is 11.4. The van der Waals surface area contributed by atoms with E-state index in [2.05, 4.69) is 53.8 Å². The van der Waals surface area contributed by atoms with Gasteiger partial charge in [0.15, 0.2) is 0 Å². The van der Waals surface area contributed by atoms with Gasteiger partial charge < -0.3 is 0 Å². The number of thiazole rings is 1. The van der Waals surface area contributed by atoms with Crippen LogP contribution in [0, 0.1) is 20.8 Å². The van der Waals surface area contributed by atoms with E-state index in [-0.39, 0.29) is 0 Å². The van der Waals surface area contributed by atoms with Gasteiger partial charge >= 0.3 is 0 Å². The molecule has 0 fully saturated rings. The fraction of sp³-hybridized carbons (Fsp3) is 0.250. The zero-order chi connectivity index (χ0) is 11.0. The maximum absolute atomic E-state index is 4.45. The highest BCUT2D eigenvalue weighted by Crippen LogP contribution is 2.30. The third-order valence-electron chi connectivity index (χ3n) is 2.55. The molecule has 2 aromatic rings. The maximum Gasteiger partial charge on any atom is 0.124 e. The molecule has 2 rings (SSSR count). The van der Waals surface area contributed by atoms with E-state index in [0.29, 0.717) is 0 Å². The average Bonchev–Trinajstić information content (AvgIpc) is 2.58. The van der Waals surface area contributed by atoms with E-state index in [1.165, 1.54) is 22.3 Å². The van der Waals surface area contributed by atoms with Crippen molar-refractivity contribution in [3.63, 3.8) is 0 Å². The van der Waals surface area contributed by atoms with E-state index in [0.717, 1.165) is 9.61 Å². The van der Waals surface area contributed by atoms with E-state index >= 15 is 0 Å². The number of benzene rings is 1. The molecule has 15 heavy (non-hydrogen) atoms. The summed E-state index contributed by atoms with van der Waals surface area (Å²) in [6.07, 6.45) is 0. The van der Waals surface area contributed by atoms with Crippen LogP contribution in [0.15, 0.2) is 22.1 Å². The Bertz CT molecular complexity index is 502. The molecule has 0 aliphatic carbocycles. The third kappa shape index (κ3) is 2.13. The summed E-state index contributed by atoms with van der Waals surface area (Å²) in [6, 6.07) is 4.44. The van der Waals surface area contributed by atoms with Crippen LogP contribution < -0.4 is 0 Å². The topological polar surface area (TPSA) is 12.9 Å². The number of aromatic nitrogens is 1. The Morgan fingerprint density at radius 3 is 2.33 bits per heavy atom. The number of halogens is 1. The number of aryl methyl sites for hydroxylation is 3. The van der Waals surface area contributed by atoms with E-state index in [9.17, 15) is 0 Å². The molecule has 0 aliphatic heterocycles. The molecule has 1 aromatic carbocycles. The standard InChI is InChI=1S/C12H12BrNS/c1-7-4-9(3)10(5-8(7)2)12-14-11(13)6-15-12/h4-6H,1-3H3. The number of hydrogen-bond acceptors (Lipinski definition) is 2. The second-order valence-electron chi connectivity index (χ2n) is 3.73. The van der Waals surface area contributed by atoms with Crippen LogP contribution in [0.1, 0.15) is 16.7 Å². The smallest absolute Gasteiger partial charge is 0.124 e. The van der Waals surface area contributed by atoms with Crippen molar-refractivity contribution in [2.45, 2.75) is 20.8 Å². The summed E-state index contributed by atoms with van der Waals surface area (Å²) in [6.45, 7) is 6.42. The first kappa shape index (κ1) is 10.8. The van der Waals surface area contributed by atoms with Crippen LogP contribution in [0.5, 0.6) is 0 Å². The van der Waals surface area contributed by atoms with Crippen molar-refractivity contribution in [2.24, 2.45) is 0 Å². The second kappa shape index (κ2) is 4.06. The normalized spacial score (nSPS) is 10.7. The van der Waals surface area contributed by atoms with Gasteiger partial charge in [-0.05, 0) is 59.5 Å². The summed E-state index contributed by atoms with van der Waals surface area (Å²) in [7, 11) is 0. The summed E-state index contributed by atoms with van der Waals surface area (Å²) in [5.41, 5.74) is 5.20. The molecule has 0 amide bonds. The molecule has 1 nitrogen and oxygen atoms in total. The van der Waals surface area contributed by atoms with Crippen LogP contribution in [0.3, 0.4) is 0 Å².